The van der Waals surface area contributed by atoms with Gasteiger partial charge in [-0.1, -0.05) is 18.2 Å². The lowest BCUT2D eigenvalue weighted by Gasteiger charge is -2.21. The largest absolute Gasteiger partial charge is 0.390 e. The van der Waals surface area contributed by atoms with Crippen molar-refractivity contribution >= 4 is 5.69 Å². The van der Waals surface area contributed by atoms with Crippen molar-refractivity contribution < 1.29 is 13.2 Å². The topological polar surface area (TPSA) is 15.3 Å². The normalized spacial score (nSPS) is 18.8. The number of benzene rings is 1. The van der Waals surface area contributed by atoms with Crippen molar-refractivity contribution in [1.29, 1.82) is 0 Å². The van der Waals surface area contributed by atoms with Gasteiger partial charge in [0.15, 0.2) is 0 Å². The molecule has 1 N–H and O–H groups in total. The van der Waals surface area contributed by atoms with E-state index in [0.717, 1.165) is 12.1 Å². The summed E-state index contributed by atoms with van der Waals surface area (Å²) in [6.07, 6.45) is -3.93. The Bertz CT molecular complexity index is 378. The van der Waals surface area contributed by atoms with Crippen LogP contribution in [-0.2, 0) is 6.42 Å². The maximum Gasteiger partial charge on any atom is 0.390 e. The van der Waals surface area contributed by atoms with Crippen LogP contribution in [0.1, 0.15) is 12.0 Å². The molecule has 2 nitrogen and oxygen atoms in total. The molecule has 1 heterocycles. The minimum atomic E-state index is -4.07. The van der Waals surface area contributed by atoms with E-state index < -0.39 is 12.6 Å². The average molecular weight is 258 g/mol. The predicted molar refractivity (Wildman–Crippen MR) is 65.7 cm³/mol. The number of para-hydroxylation sites is 1. The Morgan fingerprint density at radius 2 is 2.06 bits per heavy atom. The van der Waals surface area contributed by atoms with Crippen molar-refractivity contribution in [3.63, 3.8) is 0 Å². The fourth-order valence-corrected chi connectivity index (χ4v) is 2.27. The summed E-state index contributed by atoms with van der Waals surface area (Å²) in [5.74, 6) is 0. The second kappa shape index (κ2) is 5.18. The molecule has 0 saturated heterocycles. The molecule has 0 fully saturated rings. The van der Waals surface area contributed by atoms with Crippen LogP contribution in [0.25, 0.3) is 0 Å². The molecule has 1 aromatic rings. The lowest BCUT2D eigenvalue weighted by molar-refractivity contribution is -0.137. The van der Waals surface area contributed by atoms with Gasteiger partial charge in [-0.15, -0.1) is 0 Å². The number of anilines is 1. The zero-order valence-electron chi connectivity index (χ0n) is 10.3. The van der Waals surface area contributed by atoms with Crippen LogP contribution in [0, 0.1) is 0 Å². The highest BCUT2D eigenvalue weighted by atomic mass is 19.4. The number of fused-ring (bicyclic) bond motifs is 1. The zero-order valence-corrected chi connectivity index (χ0v) is 10.3. The third-order valence-corrected chi connectivity index (χ3v) is 3.15. The standard InChI is InChI=1S/C13H17F3N2/c1-18(7-6-13(14,15)16)9-11-8-10-4-2-3-5-12(10)17-11/h2-5,11,17H,6-9H2,1H3. The first-order chi connectivity index (χ1) is 8.44. The molecule has 0 radical (unpaired) electrons. The molecule has 1 aromatic carbocycles. The minimum Gasteiger partial charge on any atom is -0.380 e. The van der Waals surface area contributed by atoms with E-state index in [1.54, 1.807) is 11.9 Å². The summed E-state index contributed by atoms with van der Waals surface area (Å²) in [5.41, 5.74) is 2.35. The first-order valence-electron chi connectivity index (χ1n) is 6.04. The Balaban J connectivity index is 1.79. The lowest BCUT2D eigenvalue weighted by Crippen LogP contribution is -2.35. The van der Waals surface area contributed by atoms with Gasteiger partial charge in [-0.05, 0) is 25.1 Å². The maximum absolute atomic E-state index is 12.1. The minimum absolute atomic E-state index is 0.0536. The van der Waals surface area contributed by atoms with Gasteiger partial charge in [-0.2, -0.15) is 13.2 Å². The van der Waals surface area contributed by atoms with Crippen molar-refractivity contribution in [3.05, 3.63) is 29.8 Å². The van der Waals surface area contributed by atoms with Crippen LogP contribution in [0.3, 0.4) is 0 Å². The molecule has 0 amide bonds. The molecule has 0 bridgehead atoms. The highest BCUT2D eigenvalue weighted by Crippen LogP contribution is 2.25. The van der Waals surface area contributed by atoms with Gasteiger partial charge in [0.25, 0.3) is 0 Å². The van der Waals surface area contributed by atoms with Crippen molar-refractivity contribution in [3.8, 4) is 0 Å². The molecule has 5 heteroatoms. The summed E-state index contributed by atoms with van der Waals surface area (Å²) in [6, 6.07) is 8.21. The van der Waals surface area contributed by atoms with Gasteiger partial charge in [0, 0.05) is 24.8 Å². The zero-order chi connectivity index (χ0) is 13.2. The van der Waals surface area contributed by atoms with E-state index in [-0.39, 0.29) is 12.6 Å². The van der Waals surface area contributed by atoms with Gasteiger partial charge in [-0.3, -0.25) is 0 Å². The highest BCUT2D eigenvalue weighted by Gasteiger charge is 2.28. The molecule has 1 aliphatic heterocycles. The Morgan fingerprint density at radius 3 is 2.72 bits per heavy atom. The summed E-state index contributed by atoms with van der Waals surface area (Å²) < 4.78 is 36.3. The summed E-state index contributed by atoms with van der Waals surface area (Å²) in [5, 5.41) is 3.34. The van der Waals surface area contributed by atoms with Crippen LogP contribution in [0.5, 0.6) is 0 Å². The van der Waals surface area contributed by atoms with E-state index in [1.807, 2.05) is 18.2 Å². The molecule has 2 rings (SSSR count). The third-order valence-electron chi connectivity index (χ3n) is 3.15. The Kier molecular flexibility index (Phi) is 3.80. The van der Waals surface area contributed by atoms with Gasteiger partial charge in [0.05, 0.1) is 6.42 Å². The summed E-state index contributed by atoms with van der Waals surface area (Å²) in [4.78, 5) is 1.73. The third kappa shape index (κ3) is 3.63. The molecule has 1 atom stereocenters. The van der Waals surface area contributed by atoms with Gasteiger partial charge in [0.1, 0.15) is 0 Å². The van der Waals surface area contributed by atoms with Crippen LogP contribution in [0.2, 0.25) is 0 Å². The van der Waals surface area contributed by atoms with Crippen molar-refractivity contribution in [2.75, 3.05) is 25.5 Å². The van der Waals surface area contributed by atoms with E-state index in [9.17, 15) is 13.2 Å². The second-order valence-electron chi connectivity index (χ2n) is 4.83. The van der Waals surface area contributed by atoms with E-state index in [2.05, 4.69) is 11.4 Å². The smallest absolute Gasteiger partial charge is 0.380 e. The monoisotopic (exact) mass is 258 g/mol. The van der Waals surface area contributed by atoms with Crippen molar-refractivity contribution in [2.45, 2.75) is 25.1 Å². The number of nitrogens with zero attached hydrogens (tertiary/aromatic N) is 1. The number of rotatable bonds is 4. The average Bonchev–Trinajstić information content (AvgIpc) is 2.67. The number of nitrogens with one attached hydrogen (secondary N) is 1. The maximum atomic E-state index is 12.1. The van der Waals surface area contributed by atoms with Crippen LogP contribution in [0.15, 0.2) is 24.3 Å². The van der Waals surface area contributed by atoms with Crippen molar-refractivity contribution in [2.24, 2.45) is 0 Å². The van der Waals surface area contributed by atoms with E-state index in [0.29, 0.717) is 6.54 Å². The van der Waals surface area contributed by atoms with E-state index in [4.69, 9.17) is 0 Å². The number of halogens is 3. The highest BCUT2D eigenvalue weighted by molar-refractivity contribution is 5.56. The van der Waals surface area contributed by atoms with E-state index in [1.165, 1.54) is 5.56 Å². The van der Waals surface area contributed by atoms with Crippen LogP contribution < -0.4 is 5.32 Å². The fourth-order valence-electron chi connectivity index (χ4n) is 2.27. The molecule has 0 saturated carbocycles. The Labute approximate surface area is 105 Å². The van der Waals surface area contributed by atoms with Crippen LogP contribution >= 0.6 is 0 Å². The lowest BCUT2D eigenvalue weighted by atomic mass is 10.1. The molecular formula is C13H17F3N2. The first-order valence-corrected chi connectivity index (χ1v) is 6.04. The van der Waals surface area contributed by atoms with Gasteiger partial charge in [-0.25, -0.2) is 0 Å². The van der Waals surface area contributed by atoms with E-state index >= 15 is 0 Å². The molecule has 1 unspecified atom stereocenters. The molecule has 100 valence electrons. The van der Waals surface area contributed by atoms with Crippen molar-refractivity contribution in [1.82, 2.24) is 4.90 Å². The summed E-state index contributed by atoms with van der Waals surface area (Å²) in [6.45, 7) is 0.683. The number of hydrogen-bond acceptors (Lipinski definition) is 2. The number of alkyl halides is 3. The molecule has 0 spiro atoms. The summed E-state index contributed by atoms with van der Waals surface area (Å²) >= 11 is 0. The fraction of sp³-hybridized carbons (Fsp3) is 0.538. The molecule has 18 heavy (non-hydrogen) atoms. The number of hydrogen-bond donors (Lipinski definition) is 1. The van der Waals surface area contributed by atoms with Gasteiger partial charge < -0.3 is 10.2 Å². The summed E-state index contributed by atoms with van der Waals surface area (Å²) in [7, 11) is 1.73. The number of likely N-dealkylation sites (N-methyl/N-ethyl adjacent to an activating group) is 1. The molecule has 1 aliphatic rings. The Hall–Kier alpha value is -1.23. The second-order valence-corrected chi connectivity index (χ2v) is 4.83. The first kappa shape index (κ1) is 13.2. The molecular weight excluding hydrogens is 241 g/mol. The quantitative estimate of drug-likeness (QED) is 0.893. The van der Waals surface area contributed by atoms with Crippen LogP contribution in [-0.4, -0.2) is 37.3 Å². The SMILES string of the molecule is CN(CCC(F)(F)F)CC1Cc2ccccc2N1. The predicted octanol–water partition coefficient (Wildman–Crippen LogP) is 2.91. The molecule has 0 aromatic heterocycles. The van der Waals surface area contributed by atoms with Gasteiger partial charge >= 0.3 is 6.18 Å². The van der Waals surface area contributed by atoms with Crippen LogP contribution in [0.4, 0.5) is 18.9 Å². The molecule has 0 aliphatic carbocycles. The Morgan fingerprint density at radius 1 is 1.33 bits per heavy atom. The van der Waals surface area contributed by atoms with Gasteiger partial charge in [0.2, 0.25) is 0 Å².